The van der Waals surface area contributed by atoms with Gasteiger partial charge in [-0.05, 0) is 37.0 Å². The minimum absolute atomic E-state index is 0.103. The number of β-amino-alcohol motifs (C(OH)–C–C–N with tert-alkyl or cyclic N) is 1. The van der Waals surface area contributed by atoms with Crippen LogP contribution in [0.4, 0.5) is 0 Å². The highest BCUT2D eigenvalue weighted by Crippen LogP contribution is 2.39. The van der Waals surface area contributed by atoms with E-state index in [4.69, 9.17) is 5.11 Å². The molecule has 1 rings (SSSR count). The molecule has 3 nitrogen and oxygen atoms in total. The van der Waals surface area contributed by atoms with Crippen molar-refractivity contribution in [3.63, 3.8) is 0 Å². The third kappa shape index (κ3) is 3.97. The Hall–Kier alpha value is -0.590. The summed E-state index contributed by atoms with van der Waals surface area (Å²) in [4.78, 5) is 0. The average molecular weight is 238 g/mol. The molecule has 3 heteroatoms. The molecule has 2 N–H and O–H groups in total. The van der Waals surface area contributed by atoms with Crippen molar-refractivity contribution >= 4 is 0 Å². The van der Waals surface area contributed by atoms with Crippen LogP contribution in [0.3, 0.4) is 0 Å². The van der Waals surface area contributed by atoms with Crippen LogP contribution in [-0.4, -0.2) is 23.8 Å². The lowest BCUT2D eigenvalue weighted by Crippen LogP contribution is -2.45. The summed E-state index contributed by atoms with van der Waals surface area (Å²) >= 11 is 0. The van der Waals surface area contributed by atoms with Crippen LogP contribution in [-0.2, 0) is 0 Å². The molecule has 0 heterocycles. The van der Waals surface area contributed by atoms with E-state index in [2.05, 4.69) is 32.2 Å². The van der Waals surface area contributed by atoms with Gasteiger partial charge in [0, 0.05) is 6.54 Å². The zero-order chi connectivity index (χ0) is 12.9. The molecular formula is C14H26N2O. The van der Waals surface area contributed by atoms with Gasteiger partial charge in [-0.3, -0.25) is 5.32 Å². The molecule has 17 heavy (non-hydrogen) atoms. The minimum Gasteiger partial charge on any atom is -0.395 e. The van der Waals surface area contributed by atoms with Crippen LogP contribution in [0, 0.1) is 22.7 Å². The largest absolute Gasteiger partial charge is 0.395 e. The standard InChI is InChI=1S/C14H26N2O/c1-13(2,3)12-5-4-7-14(11-15,8-6-12)16-9-10-17/h12,16-17H,4-10H2,1-3H3. The fourth-order valence-electron chi connectivity index (χ4n) is 2.83. The van der Waals surface area contributed by atoms with Gasteiger partial charge in [-0.2, -0.15) is 5.26 Å². The van der Waals surface area contributed by atoms with Gasteiger partial charge in [0.1, 0.15) is 5.54 Å². The lowest BCUT2D eigenvalue weighted by atomic mass is 9.76. The first-order valence-corrected chi connectivity index (χ1v) is 6.71. The molecule has 1 saturated carbocycles. The van der Waals surface area contributed by atoms with Crippen molar-refractivity contribution in [2.75, 3.05) is 13.2 Å². The summed E-state index contributed by atoms with van der Waals surface area (Å²) in [6.07, 6.45) is 5.25. The topological polar surface area (TPSA) is 56.0 Å². The van der Waals surface area contributed by atoms with E-state index < -0.39 is 5.54 Å². The second-order valence-corrected chi connectivity index (χ2v) is 6.34. The quantitative estimate of drug-likeness (QED) is 0.743. The van der Waals surface area contributed by atoms with E-state index in [1.54, 1.807) is 0 Å². The molecule has 1 aliphatic carbocycles. The summed E-state index contributed by atoms with van der Waals surface area (Å²) in [5.74, 6) is 0.702. The van der Waals surface area contributed by atoms with E-state index in [1.807, 2.05) is 0 Å². The maximum Gasteiger partial charge on any atom is 0.106 e. The van der Waals surface area contributed by atoms with Crippen molar-refractivity contribution in [1.82, 2.24) is 5.32 Å². The maximum atomic E-state index is 9.39. The number of hydrogen-bond acceptors (Lipinski definition) is 3. The number of nitriles is 1. The Balaban J connectivity index is 2.65. The summed E-state index contributed by atoms with van der Waals surface area (Å²) in [7, 11) is 0. The van der Waals surface area contributed by atoms with E-state index in [-0.39, 0.29) is 6.61 Å². The third-order valence-electron chi connectivity index (χ3n) is 4.09. The Morgan fingerprint density at radius 1 is 1.35 bits per heavy atom. The van der Waals surface area contributed by atoms with Gasteiger partial charge in [-0.25, -0.2) is 0 Å². The first-order valence-electron chi connectivity index (χ1n) is 6.71. The normalized spacial score (nSPS) is 30.6. The molecule has 0 bridgehead atoms. The van der Waals surface area contributed by atoms with Crippen LogP contribution >= 0.6 is 0 Å². The SMILES string of the molecule is CC(C)(C)C1CCCC(C#N)(NCCO)CC1. The predicted molar refractivity (Wildman–Crippen MR) is 69.5 cm³/mol. The highest BCUT2D eigenvalue weighted by molar-refractivity contribution is 5.08. The number of aliphatic hydroxyl groups excluding tert-OH is 1. The summed E-state index contributed by atoms with van der Waals surface area (Å²) < 4.78 is 0. The summed E-state index contributed by atoms with van der Waals surface area (Å²) in [5, 5.41) is 21.5. The Morgan fingerprint density at radius 2 is 2.06 bits per heavy atom. The predicted octanol–water partition coefficient (Wildman–Crippen LogP) is 2.46. The number of nitrogens with one attached hydrogen (secondary N) is 1. The van der Waals surface area contributed by atoms with Gasteiger partial charge in [0.25, 0.3) is 0 Å². The molecule has 0 aliphatic heterocycles. The first kappa shape index (κ1) is 14.5. The van der Waals surface area contributed by atoms with Crippen LogP contribution in [0.1, 0.15) is 52.9 Å². The van der Waals surface area contributed by atoms with Crippen molar-refractivity contribution in [2.45, 2.75) is 58.4 Å². The van der Waals surface area contributed by atoms with Gasteiger partial charge in [-0.15, -0.1) is 0 Å². The molecule has 0 amide bonds. The molecular weight excluding hydrogens is 212 g/mol. The van der Waals surface area contributed by atoms with Crippen molar-refractivity contribution in [3.05, 3.63) is 0 Å². The molecule has 0 aromatic carbocycles. The van der Waals surface area contributed by atoms with Gasteiger partial charge in [-0.1, -0.05) is 27.2 Å². The third-order valence-corrected chi connectivity index (χ3v) is 4.09. The van der Waals surface area contributed by atoms with Gasteiger partial charge >= 0.3 is 0 Å². The molecule has 0 saturated heterocycles. The molecule has 0 spiro atoms. The lowest BCUT2D eigenvalue weighted by molar-refractivity contribution is 0.209. The van der Waals surface area contributed by atoms with E-state index in [1.165, 1.54) is 6.42 Å². The van der Waals surface area contributed by atoms with E-state index in [0.717, 1.165) is 25.7 Å². The van der Waals surface area contributed by atoms with E-state index in [9.17, 15) is 5.26 Å². The molecule has 1 fully saturated rings. The number of hydrogen-bond donors (Lipinski definition) is 2. The molecule has 0 radical (unpaired) electrons. The number of rotatable bonds is 3. The highest BCUT2D eigenvalue weighted by Gasteiger charge is 2.35. The van der Waals surface area contributed by atoms with Crippen molar-refractivity contribution in [3.8, 4) is 6.07 Å². The van der Waals surface area contributed by atoms with Gasteiger partial charge in [0.2, 0.25) is 0 Å². The fourth-order valence-corrected chi connectivity index (χ4v) is 2.83. The van der Waals surface area contributed by atoms with Crippen LogP contribution in [0.5, 0.6) is 0 Å². The first-order chi connectivity index (χ1) is 7.93. The van der Waals surface area contributed by atoms with E-state index in [0.29, 0.717) is 17.9 Å². The minimum atomic E-state index is -0.400. The number of nitrogens with zero attached hydrogens (tertiary/aromatic N) is 1. The molecule has 98 valence electrons. The maximum absolute atomic E-state index is 9.39. The molecule has 0 aromatic heterocycles. The highest BCUT2D eigenvalue weighted by atomic mass is 16.3. The van der Waals surface area contributed by atoms with Gasteiger partial charge < -0.3 is 5.11 Å². The Morgan fingerprint density at radius 3 is 2.59 bits per heavy atom. The van der Waals surface area contributed by atoms with Crippen molar-refractivity contribution in [1.29, 1.82) is 5.26 Å². The van der Waals surface area contributed by atoms with Crippen LogP contribution in [0.25, 0.3) is 0 Å². The Labute approximate surface area is 105 Å². The Kier molecular flexibility index (Phi) is 4.97. The molecule has 2 unspecified atom stereocenters. The zero-order valence-corrected chi connectivity index (χ0v) is 11.4. The summed E-state index contributed by atoms with van der Waals surface area (Å²) in [5.41, 5.74) is -0.0642. The molecule has 0 aromatic rings. The number of aliphatic hydroxyl groups is 1. The van der Waals surface area contributed by atoms with Crippen LogP contribution in [0.2, 0.25) is 0 Å². The van der Waals surface area contributed by atoms with Crippen LogP contribution < -0.4 is 5.32 Å². The zero-order valence-electron chi connectivity index (χ0n) is 11.4. The Bertz CT molecular complexity index is 277. The summed E-state index contributed by atoms with van der Waals surface area (Å²) in [6, 6.07) is 2.44. The summed E-state index contributed by atoms with van der Waals surface area (Å²) in [6.45, 7) is 7.49. The van der Waals surface area contributed by atoms with Crippen molar-refractivity contribution < 1.29 is 5.11 Å². The molecule has 2 atom stereocenters. The van der Waals surface area contributed by atoms with Gasteiger partial charge in [0.15, 0.2) is 0 Å². The van der Waals surface area contributed by atoms with E-state index >= 15 is 0 Å². The average Bonchev–Trinajstić information content (AvgIpc) is 2.49. The van der Waals surface area contributed by atoms with Crippen LogP contribution in [0.15, 0.2) is 0 Å². The second-order valence-electron chi connectivity index (χ2n) is 6.34. The fraction of sp³-hybridized carbons (Fsp3) is 0.929. The lowest BCUT2D eigenvalue weighted by Gasteiger charge is -2.30. The van der Waals surface area contributed by atoms with Crippen molar-refractivity contribution in [2.24, 2.45) is 11.3 Å². The molecule has 1 aliphatic rings. The van der Waals surface area contributed by atoms with Gasteiger partial charge in [0.05, 0.1) is 12.7 Å². The monoisotopic (exact) mass is 238 g/mol. The second kappa shape index (κ2) is 5.84. The smallest absolute Gasteiger partial charge is 0.106 e.